The maximum Gasteiger partial charge on any atom is 0.242 e. The lowest BCUT2D eigenvalue weighted by Gasteiger charge is -2.09. The molecule has 0 saturated heterocycles. The quantitative estimate of drug-likeness (QED) is 0.614. The van der Waals surface area contributed by atoms with E-state index in [9.17, 15) is 4.79 Å². The molecule has 1 rings (SSSR count). The normalized spacial score (nSPS) is 12.5. The van der Waals surface area contributed by atoms with Crippen molar-refractivity contribution in [1.82, 2.24) is 20.1 Å². The van der Waals surface area contributed by atoms with Gasteiger partial charge in [0.15, 0.2) is 0 Å². The van der Waals surface area contributed by atoms with Crippen LogP contribution in [0, 0.1) is 0 Å². The van der Waals surface area contributed by atoms with Crippen molar-refractivity contribution >= 4 is 5.91 Å². The monoisotopic (exact) mass is 184 g/mol. The molecule has 0 aliphatic carbocycles. The molecular formula is C7H12N4O2. The van der Waals surface area contributed by atoms with E-state index in [2.05, 4.69) is 15.4 Å². The van der Waals surface area contributed by atoms with E-state index >= 15 is 0 Å². The molecule has 1 aromatic heterocycles. The van der Waals surface area contributed by atoms with Crippen LogP contribution in [0.25, 0.3) is 0 Å². The van der Waals surface area contributed by atoms with Gasteiger partial charge < -0.3 is 10.4 Å². The van der Waals surface area contributed by atoms with Crippen LogP contribution in [-0.2, 0) is 11.3 Å². The van der Waals surface area contributed by atoms with Crippen LogP contribution in [0.3, 0.4) is 0 Å². The fourth-order valence-electron chi connectivity index (χ4n) is 0.828. The Kier molecular flexibility index (Phi) is 3.39. The first-order valence-electron chi connectivity index (χ1n) is 3.95. The van der Waals surface area contributed by atoms with E-state index in [4.69, 9.17) is 5.11 Å². The van der Waals surface area contributed by atoms with Gasteiger partial charge in [-0.05, 0) is 6.92 Å². The Balaban J connectivity index is 2.34. The van der Waals surface area contributed by atoms with Crippen LogP contribution in [0.1, 0.15) is 6.92 Å². The van der Waals surface area contributed by atoms with Crippen LogP contribution in [-0.4, -0.2) is 38.4 Å². The largest absolute Gasteiger partial charge is 0.394 e. The highest BCUT2D eigenvalue weighted by Crippen LogP contribution is 1.83. The average molecular weight is 184 g/mol. The highest BCUT2D eigenvalue weighted by Gasteiger charge is 2.06. The van der Waals surface area contributed by atoms with Crippen molar-refractivity contribution in [2.75, 3.05) is 6.61 Å². The van der Waals surface area contributed by atoms with Gasteiger partial charge in [0.05, 0.1) is 6.61 Å². The van der Waals surface area contributed by atoms with Gasteiger partial charge in [-0.1, -0.05) is 0 Å². The van der Waals surface area contributed by atoms with E-state index in [1.807, 2.05) is 0 Å². The molecule has 6 nitrogen and oxygen atoms in total. The van der Waals surface area contributed by atoms with E-state index in [0.29, 0.717) is 0 Å². The van der Waals surface area contributed by atoms with E-state index in [-0.39, 0.29) is 25.1 Å². The lowest BCUT2D eigenvalue weighted by atomic mass is 10.3. The van der Waals surface area contributed by atoms with Gasteiger partial charge in [0.2, 0.25) is 5.91 Å². The standard InChI is InChI=1S/C7H12N4O2/c1-6(3-12)10-7(13)2-11-5-8-4-9-11/h4-6,12H,2-3H2,1H3,(H,10,13)/t6-/m0/s1. The summed E-state index contributed by atoms with van der Waals surface area (Å²) in [6.45, 7) is 1.78. The third kappa shape index (κ3) is 3.20. The average Bonchev–Trinajstić information content (AvgIpc) is 2.56. The Morgan fingerprint density at radius 1 is 1.77 bits per heavy atom. The molecule has 1 atom stereocenters. The molecule has 0 unspecified atom stereocenters. The van der Waals surface area contributed by atoms with E-state index < -0.39 is 0 Å². The molecule has 1 heterocycles. The molecule has 13 heavy (non-hydrogen) atoms. The molecule has 0 aromatic carbocycles. The molecule has 1 amide bonds. The summed E-state index contributed by atoms with van der Waals surface area (Å²) in [6, 6.07) is -0.226. The van der Waals surface area contributed by atoms with Crippen molar-refractivity contribution in [2.24, 2.45) is 0 Å². The number of hydrogen-bond donors (Lipinski definition) is 2. The SMILES string of the molecule is C[C@@H](CO)NC(=O)Cn1cncn1. The number of aromatic nitrogens is 3. The highest BCUT2D eigenvalue weighted by atomic mass is 16.3. The van der Waals surface area contributed by atoms with Gasteiger partial charge in [0.1, 0.15) is 19.2 Å². The lowest BCUT2D eigenvalue weighted by Crippen LogP contribution is -2.37. The summed E-state index contributed by atoms with van der Waals surface area (Å²) in [5.41, 5.74) is 0. The number of hydrogen-bond acceptors (Lipinski definition) is 4. The Hall–Kier alpha value is -1.43. The summed E-state index contributed by atoms with van der Waals surface area (Å²) in [7, 11) is 0. The molecule has 0 saturated carbocycles. The highest BCUT2D eigenvalue weighted by molar-refractivity contribution is 5.75. The summed E-state index contributed by atoms with van der Waals surface area (Å²) in [5, 5.41) is 15.0. The zero-order chi connectivity index (χ0) is 9.68. The van der Waals surface area contributed by atoms with Crippen LogP contribution < -0.4 is 5.32 Å². The van der Waals surface area contributed by atoms with Crippen LogP contribution >= 0.6 is 0 Å². The minimum absolute atomic E-state index is 0.0664. The molecule has 0 aliphatic heterocycles. The molecule has 0 aliphatic rings. The summed E-state index contributed by atoms with van der Waals surface area (Å²) in [4.78, 5) is 14.9. The smallest absolute Gasteiger partial charge is 0.242 e. The van der Waals surface area contributed by atoms with Crippen LogP contribution in [0.15, 0.2) is 12.7 Å². The van der Waals surface area contributed by atoms with E-state index in [1.54, 1.807) is 6.92 Å². The van der Waals surface area contributed by atoms with Crippen molar-refractivity contribution in [3.8, 4) is 0 Å². The maximum atomic E-state index is 11.2. The van der Waals surface area contributed by atoms with Crippen LogP contribution in [0.4, 0.5) is 0 Å². The molecule has 0 fully saturated rings. The third-order valence-electron chi connectivity index (χ3n) is 1.45. The summed E-state index contributed by atoms with van der Waals surface area (Å²) < 4.78 is 1.42. The van der Waals surface area contributed by atoms with Gasteiger partial charge in [-0.15, -0.1) is 0 Å². The molecule has 6 heteroatoms. The second-order valence-corrected chi connectivity index (χ2v) is 2.74. The molecule has 0 bridgehead atoms. The van der Waals surface area contributed by atoms with E-state index in [1.165, 1.54) is 17.3 Å². The fraction of sp³-hybridized carbons (Fsp3) is 0.571. The van der Waals surface area contributed by atoms with Gasteiger partial charge >= 0.3 is 0 Å². The van der Waals surface area contributed by atoms with Crippen LogP contribution in [0.2, 0.25) is 0 Å². The first-order valence-corrected chi connectivity index (χ1v) is 3.95. The van der Waals surface area contributed by atoms with Crippen LogP contribution in [0.5, 0.6) is 0 Å². The first-order chi connectivity index (χ1) is 6.22. The number of carbonyl (C=O) groups excluding carboxylic acids is 1. The number of amides is 1. The van der Waals surface area contributed by atoms with Gasteiger partial charge in [0.25, 0.3) is 0 Å². The summed E-state index contributed by atoms with van der Waals surface area (Å²) in [5.74, 6) is -0.188. The Morgan fingerprint density at radius 2 is 2.54 bits per heavy atom. The topological polar surface area (TPSA) is 80.0 Å². The predicted molar refractivity (Wildman–Crippen MR) is 44.7 cm³/mol. The molecule has 0 spiro atoms. The van der Waals surface area contributed by atoms with Crippen molar-refractivity contribution in [3.05, 3.63) is 12.7 Å². The van der Waals surface area contributed by atoms with Crippen molar-refractivity contribution in [2.45, 2.75) is 19.5 Å². The third-order valence-corrected chi connectivity index (χ3v) is 1.45. The molecule has 72 valence electrons. The van der Waals surface area contributed by atoms with E-state index in [0.717, 1.165) is 0 Å². The Morgan fingerprint density at radius 3 is 3.08 bits per heavy atom. The van der Waals surface area contributed by atoms with Crippen molar-refractivity contribution in [1.29, 1.82) is 0 Å². The lowest BCUT2D eigenvalue weighted by molar-refractivity contribution is -0.122. The zero-order valence-corrected chi connectivity index (χ0v) is 7.34. The zero-order valence-electron chi connectivity index (χ0n) is 7.34. The summed E-state index contributed by atoms with van der Waals surface area (Å²) >= 11 is 0. The number of aliphatic hydroxyl groups is 1. The Bertz CT molecular complexity index is 259. The van der Waals surface area contributed by atoms with Gasteiger partial charge in [-0.3, -0.25) is 4.79 Å². The minimum Gasteiger partial charge on any atom is -0.394 e. The number of rotatable bonds is 4. The Labute approximate surface area is 75.6 Å². The first kappa shape index (κ1) is 9.66. The number of aliphatic hydroxyl groups excluding tert-OH is 1. The van der Waals surface area contributed by atoms with Gasteiger partial charge in [0, 0.05) is 6.04 Å². The second-order valence-electron chi connectivity index (χ2n) is 2.74. The predicted octanol–water partition coefficient (Wildman–Crippen LogP) is -1.22. The van der Waals surface area contributed by atoms with Crippen molar-refractivity contribution < 1.29 is 9.90 Å². The maximum absolute atomic E-state index is 11.2. The van der Waals surface area contributed by atoms with Gasteiger partial charge in [-0.2, -0.15) is 5.10 Å². The molecule has 1 aromatic rings. The molecular weight excluding hydrogens is 172 g/mol. The number of nitrogens with zero attached hydrogens (tertiary/aromatic N) is 3. The van der Waals surface area contributed by atoms with Crippen molar-refractivity contribution in [3.63, 3.8) is 0 Å². The number of carbonyl (C=O) groups is 1. The second kappa shape index (κ2) is 4.56. The number of nitrogens with one attached hydrogen (secondary N) is 1. The molecule has 2 N–H and O–H groups in total. The fourth-order valence-corrected chi connectivity index (χ4v) is 0.828. The minimum atomic E-state index is -0.226. The molecule has 0 radical (unpaired) electrons. The summed E-state index contributed by atoms with van der Waals surface area (Å²) in [6.07, 6.45) is 2.83. The van der Waals surface area contributed by atoms with Gasteiger partial charge in [-0.25, -0.2) is 9.67 Å².